The van der Waals surface area contributed by atoms with Crippen LogP contribution < -0.4 is 0 Å². The number of hydrogen-bond acceptors (Lipinski definition) is 11. The SMILES string of the molecule is CCCCC/C=C\C/C=C\C/C=C\C/C=C\CCCC(=O)OC[C@H](COP(=O)(O)OC[C@@H](O)COP(=O)(O)O)OC(=O)CCC/C=C\CC1OC1C/C=C\C/C=C\CCCCC. The molecule has 4 N–H and O–H groups in total. The molecule has 0 aromatic carbocycles. The minimum absolute atomic E-state index is 0.0311. The number of aliphatic hydroxyl groups is 1. The van der Waals surface area contributed by atoms with Gasteiger partial charge < -0.3 is 34.0 Å². The highest BCUT2D eigenvalue weighted by Crippen LogP contribution is 2.44. The number of epoxide rings is 1. The van der Waals surface area contributed by atoms with Gasteiger partial charge in [-0.2, -0.15) is 0 Å². The first kappa shape index (κ1) is 57.3. The van der Waals surface area contributed by atoms with E-state index in [2.05, 4.69) is 83.7 Å². The first-order chi connectivity index (χ1) is 29.8. The second kappa shape index (κ2) is 37.6. The number of phosphoric acid groups is 2. The molecule has 3 unspecified atom stereocenters. The summed E-state index contributed by atoms with van der Waals surface area (Å²) in [5.74, 6) is -1.18. The van der Waals surface area contributed by atoms with E-state index in [0.717, 1.165) is 51.4 Å². The molecule has 1 fully saturated rings. The number of ether oxygens (including phenoxy) is 3. The largest absolute Gasteiger partial charge is 0.472 e. The number of aliphatic hydroxyl groups excluding tert-OH is 1. The fourth-order valence-electron chi connectivity index (χ4n) is 5.61. The number of esters is 2. The highest BCUT2D eigenvalue weighted by atomic mass is 31.2. The zero-order valence-electron chi connectivity index (χ0n) is 37.1. The number of allylic oxidation sites excluding steroid dienone is 12. The summed E-state index contributed by atoms with van der Waals surface area (Å²) in [6, 6.07) is 0. The molecule has 1 saturated heterocycles. The third kappa shape index (κ3) is 37.8. The number of carbonyl (C=O) groups is 2. The molecule has 0 amide bonds. The monoisotopic (exact) mass is 914 g/mol. The van der Waals surface area contributed by atoms with Crippen LogP contribution in [0.3, 0.4) is 0 Å². The molecule has 1 aliphatic rings. The average Bonchev–Trinajstić information content (AvgIpc) is 3.99. The van der Waals surface area contributed by atoms with Crippen molar-refractivity contribution >= 4 is 27.6 Å². The maximum Gasteiger partial charge on any atom is 0.472 e. The Balaban J connectivity index is 2.45. The van der Waals surface area contributed by atoms with E-state index in [1.807, 2.05) is 24.3 Å². The zero-order valence-corrected chi connectivity index (χ0v) is 38.9. The fourth-order valence-corrected chi connectivity index (χ4v) is 6.76. The summed E-state index contributed by atoms with van der Waals surface area (Å²) in [5.41, 5.74) is 0. The van der Waals surface area contributed by atoms with E-state index in [0.29, 0.717) is 25.7 Å². The molecular weight excluding hydrogens is 838 g/mol. The Morgan fingerprint density at radius 3 is 1.48 bits per heavy atom. The average molecular weight is 915 g/mol. The Labute approximate surface area is 371 Å². The number of rotatable bonds is 40. The number of unbranched alkanes of at least 4 members (excludes halogenated alkanes) is 8. The van der Waals surface area contributed by atoms with Crippen LogP contribution in [0.2, 0.25) is 0 Å². The lowest BCUT2D eigenvalue weighted by atomic mass is 10.1. The van der Waals surface area contributed by atoms with Crippen LogP contribution in [0, 0.1) is 0 Å². The fraction of sp³-hybridized carbons (Fsp3) is 0.652. The Morgan fingerprint density at radius 1 is 0.548 bits per heavy atom. The molecule has 0 aromatic rings. The van der Waals surface area contributed by atoms with Gasteiger partial charge in [0, 0.05) is 12.8 Å². The van der Waals surface area contributed by atoms with Crippen LogP contribution in [-0.4, -0.2) is 82.6 Å². The molecule has 0 aliphatic carbocycles. The van der Waals surface area contributed by atoms with Crippen molar-refractivity contribution < 1.29 is 66.3 Å². The first-order valence-electron chi connectivity index (χ1n) is 22.4. The Hall–Kier alpha value is -2.74. The van der Waals surface area contributed by atoms with Gasteiger partial charge in [-0.25, -0.2) is 9.13 Å². The lowest BCUT2D eigenvalue weighted by Gasteiger charge is -2.20. The van der Waals surface area contributed by atoms with E-state index >= 15 is 0 Å². The van der Waals surface area contributed by atoms with Gasteiger partial charge in [0.25, 0.3) is 0 Å². The number of carbonyl (C=O) groups excluding carboxylic acids is 2. The van der Waals surface area contributed by atoms with Gasteiger partial charge in [-0.05, 0) is 89.9 Å². The van der Waals surface area contributed by atoms with Crippen molar-refractivity contribution in [2.45, 2.75) is 167 Å². The normalized spacial score (nSPS) is 18.0. The van der Waals surface area contributed by atoms with Crippen molar-refractivity contribution in [2.24, 2.45) is 0 Å². The maximum atomic E-state index is 12.7. The Morgan fingerprint density at radius 2 is 0.968 bits per heavy atom. The Bertz CT molecular complexity index is 1480. The molecule has 354 valence electrons. The minimum atomic E-state index is -4.88. The third-order valence-electron chi connectivity index (χ3n) is 9.15. The van der Waals surface area contributed by atoms with Crippen LogP contribution in [0.1, 0.15) is 142 Å². The van der Waals surface area contributed by atoms with Crippen molar-refractivity contribution in [1.29, 1.82) is 0 Å². The summed E-state index contributed by atoms with van der Waals surface area (Å²) in [4.78, 5) is 52.8. The minimum Gasteiger partial charge on any atom is -0.462 e. The number of hydrogen-bond donors (Lipinski definition) is 4. The molecule has 14 nitrogen and oxygen atoms in total. The molecule has 62 heavy (non-hydrogen) atoms. The molecule has 0 aromatic heterocycles. The molecule has 0 saturated carbocycles. The molecule has 5 atom stereocenters. The summed E-state index contributed by atoms with van der Waals surface area (Å²) >= 11 is 0. The summed E-state index contributed by atoms with van der Waals surface area (Å²) in [6.45, 7) is 1.55. The van der Waals surface area contributed by atoms with E-state index in [1.54, 1.807) is 0 Å². The van der Waals surface area contributed by atoms with Crippen LogP contribution in [0.5, 0.6) is 0 Å². The highest BCUT2D eigenvalue weighted by Gasteiger charge is 2.36. The van der Waals surface area contributed by atoms with Crippen LogP contribution in [-0.2, 0) is 46.5 Å². The standard InChI is InChI=1S/C46H76O14P2/c1-3-5-7-9-11-13-14-15-16-17-18-19-20-22-24-26-31-35-45(48)55-39-42(40-58-62(53,54)57-38-41(47)37-56-61(50,51)52)59-46(49)36-32-28-27-30-34-44-43(60-44)33-29-25-23-21-12-10-8-6-4-2/h11-13,15-16,18-19,21-22,24-25,27,29-30,41-44,47H,3-10,14,17,20,23,26,28,31-40H2,1-2H3,(H,53,54)(H2,50,51,52)/b13-11-,16-15-,19-18-,21-12-,24-22-,29-25-,30-27-/t41-,42+,43?,44?/m0/s1. The van der Waals surface area contributed by atoms with Gasteiger partial charge in [-0.1, -0.05) is 125 Å². The highest BCUT2D eigenvalue weighted by molar-refractivity contribution is 7.47. The van der Waals surface area contributed by atoms with Crippen LogP contribution >= 0.6 is 15.6 Å². The van der Waals surface area contributed by atoms with E-state index in [1.165, 1.54) is 38.5 Å². The lowest BCUT2D eigenvalue weighted by molar-refractivity contribution is -0.161. The maximum absolute atomic E-state index is 12.7. The molecule has 0 radical (unpaired) electrons. The van der Waals surface area contributed by atoms with Crippen LogP contribution in [0.25, 0.3) is 0 Å². The van der Waals surface area contributed by atoms with Gasteiger partial charge in [0.1, 0.15) is 12.7 Å². The summed E-state index contributed by atoms with van der Waals surface area (Å²) in [5, 5.41) is 9.76. The Kier molecular flexibility index (Phi) is 34.8. The third-order valence-corrected chi connectivity index (χ3v) is 10.6. The van der Waals surface area contributed by atoms with E-state index in [-0.39, 0.29) is 25.0 Å². The zero-order chi connectivity index (χ0) is 45.6. The summed E-state index contributed by atoms with van der Waals surface area (Å²) in [7, 11) is -9.73. The molecular formula is C46H76O14P2. The van der Waals surface area contributed by atoms with Crippen molar-refractivity contribution in [3.8, 4) is 0 Å². The van der Waals surface area contributed by atoms with Crippen molar-refractivity contribution in [3.63, 3.8) is 0 Å². The van der Waals surface area contributed by atoms with Crippen molar-refractivity contribution in [2.75, 3.05) is 26.4 Å². The van der Waals surface area contributed by atoms with Crippen molar-refractivity contribution in [1.82, 2.24) is 0 Å². The topological polar surface area (TPSA) is 208 Å². The van der Waals surface area contributed by atoms with Gasteiger partial charge in [0.05, 0.1) is 32.0 Å². The molecule has 0 bridgehead atoms. The smallest absolute Gasteiger partial charge is 0.462 e. The van der Waals surface area contributed by atoms with Crippen LogP contribution in [0.15, 0.2) is 85.1 Å². The first-order valence-corrected chi connectivity index (χ1v) is 25.4. The molecule has 16 heteroatoms. The van der Waals surface area contributed by atoms with E-state index in [9.17, 15) is 28.7 Å². The van der Waals surface area contributed by atoms with Gasteiger partial charge in [-0.15, -0.1) is 0 Å². The lowest BCUT2D eigenvalue weighted by Crippen LogP contribution is -2.29. The molecule has 1 rings (SSSR count). The predicted molar refractivity (Wildman–Crippen MR) is 243 cm³/mol. The van der Waals surface area contributed by atoms with Gasteiger partial charge >= 0.3 is 27.6 Å². The quantitative estimate of drug-likeness (QED) is 0.0148. The van der Waals surface area contributed by atoms with E-state index in [4.69, 9.17) is 28.5 Å². The number of phosphoric ester groups is 2. The van der Waals surface area contributed by atoms with Gasteiger partial charge in [-0.3, -0.25) is 23.2 Å². The van der Waals surface area contributed by atoms with Crippen molar-refractivity contribution in [3.05, 3.63) is 85.1 Å². The van der Waals surface area contributed by atoms with Crippen LogP contribution in [0.4, 0.5) is 0 Å². The molecule has 1 aliphatic heterocycles. The predicted octanol–water partition coefficient (Wildman–Crippen LogP) is 10.5. The second-order valence-electron chi connectivity index (χ2n) is 15.0. The molecule has 0 spiro atoms. The summed E-state index contributed by atoms with van der Waals surface area (Å²) < 4.78 is 53.5. The summed E-state index contributed by atoms with van der Waals surface area (Å²) in [6.07, 6.45) is 44.7. The van der Waals surface area contributed by atoms with E-state index < -0.39 is 66.2 Å². The van der Waals surface area contributed by atoms with Gasteiger partial charge in [0.2, 0.25) is 0 Å². The van der Waals surface area contributed by atoms with Gasteiger partial charge in [0.15, 0.2) is 6.10 Å². The second-order valence-corrected chi connectivity index (χ2v) is 17.7. The molecule has 1 heterocycles.